The van der Waals surface area contributed by atoms with Gasteiger partial charge < -0.3 is 5.32 Å². The summed E-state index contributed by atoms with van der Waals surface area (Å²) < 4.78 is 37.5. The van der Waals surface area contributed by atoms with Gasteiger partial charge in [-0.05, 0) is 26.3 Å². The van der Waals surface area contributed by atoms with Gasteiger partial charge in [0.1, 0.15) is 0 Å². The molecule has 1 N–H and O–H groups in total. The third-order valence-corrected chi connectivity index (χ3v) is 3.28. The van der Waals surface area contributed by atoms with Gasteiger partial charge in [0.25, 0.3) is 0 Å². The molecule has 1 rings (SSSR count). The lowest BCUT2D eigenvalue weighted by Gasteiger charge is -2.35. The molecule has 1 saturated heterocycles. The molecule has 0 radical (unpaired) electrons. The molecule has 0 amide bonds. The highest BCUT2D eigenvalue weighted by Gasteiger charge is 2.39. The van der Waals surface area contributed by atoms with Crippen molar-refractivity contribution in [1.29, 1.82) is 0 Å². The van der Waals surface area contributed by atoms with Crippen molar-refractivity contribution >= 4 is 0 Å². The van der Waals surface area contributed by atoms with Crippen LogP contribution in [0.2, 0.25) is 0 Å². The molecule has 2 nitrogen and oxygen atoms in total. The molecule has 0 aromatic rings. The van der Waals surface area contributed by atoms with Crippen molar-refractivity contribution < 1.29 is 13.2 Å². The Morgan fingerprint density at radius 1 is 1.31 bits per heavy atom. The van der Waals surface area contributed by atoms with E-state index >= 15 is 0 Å². The summed E-state index contributed by atoms with van der Waals surface area (Å²) in [7, 11) is 0. The number of nitrogens with zero attached hydrogens (tertiary/aromatic N) is 1. The summed E-state index contributed by atoms with van der Waals surface area (Å²) in [6.07, 6.45) is -3.18. The topological polar surface area (TPSA) is 15.3 Å². The first kappa shape index (κ1) is 13.8. The zero-order valence-electron chi connectivity index (χ0n) is 10.1. The van der Waals surface area contributed by atoms with E-state index in [1.165, 1.54) is 0 Å². The normalized spacial score (nSPS) is 27.0. The Hall–Kier alpha value is -0.290. The quantitative estimate of drug-likeness (QED) is 0.808. The van der Waals surface area contributed by atoms with E-state index in [1.807, 2.05) is 20.8 Å². The van der Waals surface area contributed by atoms with Crippen LogP contribution in [0, 0.1) is 5.92 Å². The van der Waals surface area contributed by atoms with E-state index in [0.29, 0.717) is 12.5 Å². The molecule has 96 valence electrons. The summed E-state index contributed by atoms with van der Waals surface area (Å²) >= 11 is 0. The molecule has 2 atom stereocenters. The minimum Gasteiger partial charge on any atom is -0.315 e. The van der Waals surface area contributed by atoms with Gasteiger partial charge in [0.2, 0.25) is 0 Å². The molecular weight excluding hydrogens is 217 g/mol. The molecule has 16 heavy (non-hydrogen) atoms. The van der Waals surface area contributed by atoms with Crippen LogP contribution >= 0.6 is 0 Å². The monoisotopic (exact) mass is 238 g/mol. The highest BCUT2D eigenvalue weighted by molar-refractivity contribution is 4.90. The van der Waals surface area contributed by atoms with E-state index < -0.39 is 12.7 Å². The Morgan fingerprint density at radius 3 is 2.38 bits per heavy atom. The van der Waals surface area contributed by atoms with Crippen LogP contribution < -0.4 is 5.32 Å². The van der Waals surface area contributed by atoms with Gasteiger partial charge in [-0.15, -0.1) is 0 Å². The van der Waals surface area contributed by atoms with Gasteiger partial charge in [0.05, 0.1) is 6.54 Å². The maximum absolute atomic E-state index is 12.5. The second kappa shape index (κ2) is 5.36. The van der Waals surface area contributed by atoms with E-state index in [9.17, 15) is 13.2 Å². The first-order chi connectivity index (χ1) is 7.35. The summed E-state index contributed by atoms with van der Waals surface area (Å²) in [5, 5.41) is 3.19. The Labute approximate surface area is 95.2 Å². The van der Waals surface area contributed by atoms with Gasteiger partial charge in [-0.2, -0.15) is 13.2 Å². The number of alkyl halides is 3. The molecule has 2 unspecified atom stereocenters. The van der Waals surface area contributed by atoms with E-state index in [4.69, 9.17) is 0 Å². The average molecular weight is 238 g/mol. The predicted molar refractivity (Wildman–Crippen MR) is 58.3 cm³/mol. The summed E-state index contributed by atoms with van der Waals surface area (Å²) in [6.45, 7) is 6.41. The lowest BCUT2D eigenvalue weighted by atomic mass is 9.98. The highest BCUT2D eigenvalue weighted by atomic mass is 19.4. The van der Waals surface area contributed by atoms with Gasteiger partial charge >= 0.3 is 6.18 Å². The van der Waals surface area contributed by atoms with Crippen LogP contribution in [0.4, 0.5) is 13.2 Å². The Balaban J connectivity index is 2.69. The second-order valence-corrected chi connectivity index (χ2v) is 4.78. The molecule has 0 aromatic heterocycles. The minimum atomic E-state index is -4.11. The number of halogens is 3. The summed E-state index contributed by atoms with van der Waals surface area (Å²) in [4.78, 5) is 1.58. The zero-order valence-corrected chi connectivity index (χ0v) is 10.1. The third-order valence-electron chi connectivity index (χ3n) is 3.28. The lowest BCUT2D eigenvalue weighted by molar-refractivity contribution is -0.156. The maximum atomic E-state index is 12.5. The molecular formula is C11H21F3N2. The molecule has 0 aliphatic carbocycles. The van der Waals surface area contributed by atoms with Gasteiger partial charge in [-0.3, -0.25) is 4.90 Å². The maximum Gasteiger partial charge on any atom is 0.401 e. The molecule has 1 fully saturated rings. The fraction of sp³-hybridized carbons (Fsp3) is 1.00. The van der Waals surface area contributed by atoms with Crippen LogP contribution in [0.5, 0.6) is 0 Å². The average Bonchev–Trinajstić information content (AvgIpc) is 2.59. The van der Waals surface area contributed by atoms with Crippen molar-refractivity contribution in [2.75, 3.05) is 19.6 Å². The Bertz CT molecular complexity index is 216. The SMILES string of the molecule is CCC1CNCC1N(CC(F)(F)F)C(C)C. The van der Waals surface area contributed by atoms with Gasteiger partial charge in [0.15, 0.2) is 0 Å². The zero-order chi connectivity index (χ0) is 12.3. The number of rotatable bonds is 4. The number of nitrogens with one attached hydrogen (secondary N) is 1. The van der Waals surface area contributed by atoms with Crippen molar-refractivity contribution in [3.05, 3.63) is 0 Å². The first-order valence-corrected chi connectivity index (χ1v) is 5.88. The van der Waals surface area contributed by atoms with Gasteiger partial charge in [-0.1, -0.05) is 13.3 Å². The Kier molecular flexibility index (Phi) is 4.62. The largest absolute Gasteiger partial charge is 0.401 e. The van der Waals surface area contributed by atoms with Crippen LogP contribution in [0.25, 0.3) is 0 Å². The van der Waals surface area contributed by atoms with Crippen molar-refractivity contribution in [2.24, 2.45) is 5.92 Å². The van der Waals surface area contributed by atoms with Crippen LogP contribution in [-0.2, 0) is 0 Å². The fourth-order valence-corrected chi connectivity index (χ4v) is 2.41. The lowest BCUT2D eigenvalue weighted by Crippen LogP contribution is -2.49. The van der Waals surface area contributed by atoms with Crippen molar-refractivity contribution in [3.8, 4) is 0 Å². The smallest absolute Gasteiger partial charge is 0.315 e. The molecule has 1 aliphatic rings. The summed E-state index contributed by atoms with van der Waals surface area (Å²) in [6, 6.07) is -0.0489. The molecule has 0 bridgehead atoms. The van der Waals surface area contributed by atoms with Crippen molar-refractivity contribution in [1.82, 2.24) is 10.2 Å². The van der Waals surface area contributed by atoms with Crippen LogP contribution in [0.1, 0.15) is 27.2 Å². The summed E-state index contributed by atoms with van der Waals surface area (Å²) in [5.41, 5.74) is 0. The third kappa shape index (κ3) is 3.63. The molecule has 0 aromatic carbocycles. The Morgan fingerprint density at radius 2 is 1.94 bits per heavy atom. The van der Waals surface area contributed by atoms with Crippen LogP contribution in [-0.4, -0.2) is 42.8 Å². The van der Waals surface area contributed by atoms with Crippen LogP contribution in [0.3, 0.4) is 0 Å². The van der Waals surface area contributed by atoms with E-state index in [0.717, 1.165) is 13.0 Å². The van der Waals surface area contributed by atoms with Crippen molar-refractivity contribution in [3.63, 3.8) is 0 Å². The number of hydrogen-bond donors (Lipinski definition) is 1. The van der Waals surface area contributed by atoms with Gasteiger partial charge in [0, 0.05) is 18.6 Å². The van der Waals surface area contributed by atoms with E-state index in [-0.39, 0.29) is 12.1 Å². The van der Waals surface area contributed by atoms with E-state index in [2.05, 4.69) is 5.32 Å². The van der Waals surface area contributed by atoms with Gasteiger partial charge in [-0.25, -0.2) is 0 Å². The fourth-order valence-electron chi connectivity index (χ4n) is 2.41. The van der Waals surface area contributed by atoms with E-state index in [1.54, 1.807) is 4.90 Å². The van der Waals surface area contributed by atoms with Crippen molar-refractivity contribution in [2.45, 2.75) is 45.5 Å². The van der Waals surface area contributed by atoms with Crippen LogP contribution in [0.15, 0.2) is 0 Å². The molecule has 0 saturated carbocycles. The minimum absolute atomic E-state index is 0.0200. The highest BCUT2D eigenvalue weighted by Crippen LogP contribution is 2.25. The molecule has 1 aliphatic heterocycles. The standard InChI is InChI=1S/C11H21F3N2/c1-4-9-5-15-6-10(9)16(8(2)3)7-11(12,13)14/h8-10,15H,4-7H2,1-3H3. The first-order valence-electron chi connectivity index (χ1n) is 5.88. The second-order valence-electron chi connectivity index (χ2n) is 4.78. The molecule has 0 spiro atoms. The molecule has 1 heterocycles. The summed E-state index contributed by atoms with van der Waals surface area (Å²) in [5.74, 6) is 0.338. The molecule has 5 heteroatoms. The predicted octanol–water partition coefficient (Wildman–Crippen LogP) is 2.26. The number of hydrogen-bond acceptors (Lipinski definition) is 2.